The lowest BCUT2D eigenvalue weighted by Gasteiger charge is -2.08. The minimum atomic E-state index is -0.768. The summed E-state index contributed by atoms with van der Waals surface area (Å²) in [4.78, 5) is 22.1. The molecule has 0 radical (unpaired) electrons. The van der Waals surface area contributed by atoms with E-state index >= 15 is 0 Å². The summed E-state index contributed by atoms with van der Waals surface area (Å²) in [6.07, 6.45) is 2.17. The summed E-state index contributed by atoms with van der Waals surface area (Å²) >= 11 is 0. The number of aromatic nitrogens is 1. The highest BCUT2D eigenvalue weighted by Gasteiger charge is 2.19. The van der Waals surface area contributed by atoms with Gasteiger partial charge >= 0.3 is 0 Å². The summed E-state index contributed by atoms with van der Waals surface area (Å²) in [6, 6.07) is 1.25. The Morgan fingerprint density at radius 3 is 2.44 bits per heavy atom. The van der Waals surface area contributed by atoms with Gasteiger partial charge in [0.15, 0.2) is 6.20 Å². The summed E-state index contributed by atoms with van der Waals surface area (Å²) < 4.78 is 0.476. The molecule has 1 heterocycles. The zero-order chi connectivity index (χ0) is 12.3. The minimum absolute atomic E-state index is 0.0244. The highest BCUT2D eigenvalue weighted by molar-refractivity contribution is 5.98. The molecule has 0 unspecified atom stereocenters. The van der Waals surface area contributed by atoms with Crippen LogP contribution in [-0.2, 0) is 6.42 Å². The first-order valence-electron chi connectivity index (χ1n) is 4.83. The van der Waals surface area contributed by atoms with Crippen molar-refractivity contribution in [1.29, 1.82) is 0 Å². The number of rotatable bonds is 4. The Balaban J connectivity index is 3.39. The highest BCUT2D eigenvalue weighted by atomic mass is 16.5. The second-order valence-electron chi connectivity index (χ2n) is 3.39. The molecule has 0 saturated heterocycles. The Morgan fingerprint density at radius 2 is 2.00 bits per heavy atom. The molecule has 0 saturated carbocycles. The Kier molecular flexibility index (Phi) is 3.44. The van der Waals surface area contributed by atoms with Gasteiger partial charge in [-0.15, -0.1) is 0 Å². The fourth-order valence-corrected chi connectivity index (χ4v) is 1.43. The van der Waals surface area contributed by atoms with Gasteiger partial charge in [-0.25, -0.2) is 0 Å². The first-order chi connectivity index (χ1) is 7.47. The van der Waals surface area contributed by atoms with Gasteiger partial charge in [0.1, 0.15) is 11.1 Å². The summed E-state index contributed by atoms with van der Waals surface area (Å²) in [5.41, 5.74) is 10.5. The van der Waals surface area contributed by atoms with E-state index in [1.165, 1.54) is 6.07 Å². The summed E-state index contributed by atoms with van der Waals surface area (Å²) in [6.45, 7) is 1.87. The summed E-state index contributed by atoms with van der Waals surface area (Å²) in [5, 5.41) is 11.6. The van der Waals surface area contributed by atoms with Gasteiger partial charge < -0.3 is 16.7 Å². The molecule has 16 heavy (non-hydrogen) atoms. The highest BCUT2D eigenvalue weighted by Crippen LogP contribution is 2.08. The van der Waals surface area contributed by atoms with E-state index in [-0.39, 0.29) is 16.8 Å². The van der Waals surface area contributed by atoms with E-state index in [2.05, 4.69) is 0 Å². The van der Waals surface area contributed by atoms with E-state index in [0.717, 1.165) is 6.20 Å². The van der Waals surface area contributed by atoms with Crippen molar-refractivity contribution in [2.24, 2.45) is 11.5 Å². The van der Waals surface area contributed by atoms with Gasteiger partial charge in [-0.1, -0.05) is 6.92 Å². The standard InChI is InChI=1S/C10H13N3O3/c1-2-3-8-7(10(12)15)4-6(9(11)14)5-13(8)16/h4-5H,2-3H2,1H3,(H2,11,14)(H2,12,15). The normalized spacial score (nSPS) is 10.1. The van der Waals surface area contributed by atoms with Crippen molar-refractivity contribution < 1.29 is 14.3 Å². The van der Waals surface area contributed by atoms with Crippen molar-refractivity contribution in [1.82, 2.24) is 0 Å². The molecule has 0 fully saturated rings. The van der Waals surface area contributed by atoms with Gasteiger partial charge in [0, 0.05) is 6.42 Å². The number of primary amides is 2. The van der Waals surface area contributed by atoms with Crippen molar-refractivity contribution in [3.05, 3.63) is 34.3 Å². The van der Waals surface area contributed by atoms with Crippen molar-refractivity contribution in [2.75, 3.05) is 0 Å². The molecular formula is C10H13N3O3. The molecule has 0 aliphatic rings. The second kappa shape index (κ2) is 4.61. The number of nitrogens with two attached hydrogens (primary N) is 2. The van der Waals surface area contributed by atoms with Crippen LogP contribution in [0.3, 0.4) is 0 Å². The average molecular weight is 223 g/mol. The monoisotopic (exact) mass is 223 g/mol. The largest absolute Gasteiger partial charge is 0.618 e. The maximum absolute atomic E-state index is 11.6. The number of hydrogen-bond acceptors (Lipinski definition) is 3. The van der Waals surface area contributed by atoms with Gasteiger partial charge in [0.25, 0.3) is 11.8 Å². The topological polar surface area (TPSA) is 113 Å². The third-order valence-corrected chi connectivity index (χ3v) is 2.17. The van der Waals surface area contributed by atoms with Gasteiger partial charge in [0.2, 0.25) is 5.69 Å². The molecule has 0 aromatic carbocycles. The molecule has 2 amide bonds. The van der Waals surface area contributed by atoms with Crippen LogP contribution in [0.1, 0.15) is 39.8 Å². The Bertz CT molecular complexity index is 443. The van der Waals surface area contributed by atoms with Crippen LogP contribution in [0.2, 0.25) is 0 Å². The van der Waals surface area contributed by atoms with E-state index in [9.17, 15) is 14.8 Å². The fourth-order valence-electron chi connectivity index (χ4n) is 1.43. The molecule has 0 bridgehead atoms. The lowest BCUT2D eigenvalue weighted by atomic mass is 10.1. The number of carbonyl (C=O) groups excluding carboxylic acids is 2. The van der Waals surface area contributed by atoms with E-state index in [4.69, 9.17) is 11.5 Å². The van der Waals surface area contributed by atoms with Crippen molar-refractivity contribution in [2.45, 2.75) is 19.8 Å². The molecule has 1 aromatic rings. The summed E-state index contributed by atoms with van der Waals surface area (Å²) in [7, 11) is 0. The maximum atomic E-state index is 11.6. The molecule has 0 aliphatic carbocycles. The van der Waals surface area contributed by atoms with Gasteiger partial charge in [-0.2, -0.15) is 4.73 Å². The maximum Gasteiger partial charge on any atom is 0.255 e. The number of hydrogen-bond donors (Lipinski definition) is 2. The SMILES string of the molecule is CCCc1c(C(N)=O)cc(C(N)=O)c[n+]1[O-]. The van der Waals surface area contributed by atoms with Crippen LogP contribution in [0.15, 0.2) is 12.3 Å². The van der Waals surface area contributed by atoms with Crippen LogP contribution < -0.4 is 16.2 Å². The first-order valence-corrected chi connectivity index (χ1v) is 4.83. The van der Waals surface area contributed by atoms with Crippen molar-refractivity contribution in [3.8, 4) is 0 Å². The van der Waals surface area contributed by atoms with Crippen molar-refractivity contribution in [3.63, 3.8) is 0 Å². The number of nitrogens with zero attached hydrogens (tertiary/aromatic N) is 1. The van der Waals surface area contributed by atoms with E-state index in [0.29, 0.717) is 17.6 Å². The predicted molar refractivity (Wildman–Crippen MR) is 56.4 cm³/mol. The molecular weight excluding hydrogens is 210 g/mol. The third-order valence-electron chi connectivity index (χ3n) is 2.17. The molecule has 1 aromatic heterocycles. The van der Waals surface area contributed by atoms with Gasteiger partial charge in [-0.3, -0.25) is 9.59 Å². The lowest BCUT2D eigenvalue weighted by molar-refractivity contribution is -0.614. The molecule has 1 rings (SSSR count). The molecule has 6 heteroatoms. The molecule has 0 atom stereocenters. The quantitative estimate of drug-likeness (QED) is 0.528. The van der Waals surface area contributed by atoms with Gasteiger partial charge in [0.05, 0.1) is 0 Å². The zero-order valence-electron chi connectivity index (χ0n) is 8.90. The molecule has 6 nitrogen and oxygen atoms in total. The number of carbonyl (C=O) groups is 2. The number of pyridine rings is 1. The van der Waals surface area contributed by atoms with Crippen molar-refractivity contribution >= 4 is 11.8 Å². The molecule has 0 spiro atoms. The minimum Gasteiger partial charge on any atom is -0.618 e. The van der Waals surface area contributed by atoms with Crippen LogP contribution in [0.5, 0.6) is 0 Å². The summed E-state index contributed by atoms with van der Waals surface area (Å²) in [5.74, 6) is -1.51. The van der Waals surface area contributed by atoms with Crippen LogP contribution in [0.25, 0.3) is 0 Å². The predicted octanol–water partition coefficient (Wildman–Crippen LogP) is -0.530. The van der Waals surface area contributed by atoms with E-state index in [1.807, 2.05) is 6.92 Å². The smallest absolute Gasteiger partial charge is 0.255 e. The Labute approximate surface area is 92.4 Å². The number of amides is 2. The molecule has 86 valence electrons. The van der Waals surface area contributed by atoms with E-state index in [1.54, 1.807) is 0 Å². The second-order valence-corrected chi connectivity index (χ2v) is 3.39. The van der Waals surface area contributed by atoms with Crippen LogP contribution in [0.4, 0.5) is 0 Å². The first kappa shape index (κ1) is 12.0. The van der Waals surface area contributed by atoms with Crippen LogP contribution in [0, 0.1) is 5.21 Å². The van der Waals surface area contributed by atoms with Crippen LogP contribution in [-0.4, -0.2) is 11.8 Å². The molecule has 0 aliphatic heterocycles. The molecule has 4 N–H and O–H groups in total. The third kappa shape index (κ3) is 2.28. The fraction of sp³-hybridized carbons (Fsp3) is 0.300. The van der Waals surface area contributed by atoms with Crippen LogP contribution >= 0.6 is 0 Å². The lowest BCUT2D eigenvalue weighted by Crippen LogP contribution is -2.37. The van der Waals surface area contributed by atoms with E-state index < -0.39 is 11.8 Å². The average Bonchev–Trinajstić information content (AvgIpc) is 2.20. The Morgan fingerprint density at radius 1 is 1.38 bits per heavy atom. The Hall–Kier alpha value is -2.11. The van der Waals surface area contributed by atoms with Gasteiger partial charge in [-0.05, 0) is 12.5 Å². The zero-order valence-corrected chi connectivity index (χ0v) is 8.90.